The van der Waals surface area contributed by atoms with Crippen LogP contribution in [0.2, 0.25) is 0 Å². The fourth-order valence-electron chi connectivity index (χ4n) is 1.51. The number of hydrogen-bond acceptors (Lipinski definition) is 9. The quantitative estimate of drug-likeness (QED) is 0.328. The van der Waals surface area contributed by atoms with Crippen LogP contribution in [0.15, 0.2) is 0 Å². The summed E-state index contributed by atoms with van der Waals surface area (Å²) >= 11 is 0. The van der Waals surface area contributed by atoms with Crippen LogP contribution in [0.25, 0.3) is 0 Å². The van der Waals surface area contributed by atoms with Crippen LogP contribution in [0.3, 0.4) is 0 Å². The molecular formula is C9H15O9-. The first-order valence-corrected chi connectivity index (χ1v) is 5.20. The molecule has 1 aliphatic heterocycles. The highest BCUT2D eigenvalue weighted by atomic mass is 16.7. The van der Waals surface area contributed by atoms with E-state index in [0.29, 0.717) is 0 Å². The van der Waals surface area contributed by atoms with Crippen LogP contribution in [0.4, 0.5) is 0 Å². The lowest BCUT2D eigenvalue weighted by atomic mass is 9.99. The van der Waals surface area contributed by atoms with Gasteiger partial charge in [-0.15, -0.1) is 0 Å². The van der Waals surface area contributed by atoms with Crippen LogP contribution < -0.4 is 5.11 Å². The smallest absolute Gasteiger partial charge is 0.187 e. The van der Waals surface area contributed by atoms with Crippen molar-refractivity contribution in [2.45, 2.75) is 36.8 Å². The van der Waals surface area contributed by atoms with Crippen molar-refractivity contribution in [1.82, 2.24) is 0 Å². The van der Waals surface area contributed by atoms with E-state index in [2.05, 4.69) is 0 Å². The lowest BCUT2D eigenvalue weighted by Gasteiger charge is -2.40. The first kappa shape index (κ1) is 15.2. The lowest BCUT2D eigenvalue weighted by Crippen LogP contribution is -2.60. The third-order valence-electron chi connectivity index (χ3n) is 2.58. The number of carbonyl (C=O) groups excluding carboxylic acids is 1. The molecule has 0 aromatic rings. The molecule has 1 aliphatic rings. The second-order valence-electron chi connectivity index (χ2n) is 3.82. The van der Waals surface area contributed by atoms with Gasteiger partial charge in [0.15, 0.2) is 6.29 Å². The Kier molecular flexibility index (Phi) is 5.41. The van der Waals surface area contributed by atoms with Gasteiger partial charge in [0.1, 0.15) is 30.5 Å². The second-order valence-corrected chi connectivity index (χ2v) is 3.82. The summed E-state index contributed by atoms with van der Waals surface area (Å²) in [6.07, 6.45) is -9.56. The minimum absolute atomic E-state index is 0.667. The van der Waals surface area contributed by atoms with E-state index in [1.807, 2.05) is 0 Å². The molecule has 0 bridgehead atoms. The number of hydrogen-bond donors (Lipinski definition) is 5. The molecule has 106 valence electrons. The molecule has 0 spiro atoms. The topological polar surface area (TPSA) is 160 Å². The first-order chi connectivity index (χ1) is 8.42. The highest BCUT2D eigenvalue weighted by molar-refractivity contribution is 5.70. The Morgan fingerprint density at radius 1 is 1.22 bits per heavy atom. The second kappa shape index (κ2) is 6.38. The Bertz CT molecular complexity index is 281. The van der Waals surface area contributed by atoms with Gasteiger partial charge < -0.3 is 44.9 Å². The number of aliphatic hydroxyl groups excluding tert-OH is 5. The molecule has 0 aromatic carbocycles. The van der Waals surface area contributed by atoms with Crippen LogP contribution in [-0.2, 0) is 14.3 Å². The number of carbonyl (C=O) groups is 1. The van der Waals surface area contributed by atoms with Crippen molar-refractivity contribution in [3.05, 3.63) is 0 Å². The number of aliphatic carboxylic acids is 1. The van der Waals surface area contributed by atoms with Gasteiger partial charge >= 0.3 is 0 Å². The fraction of sp³-hybridized carbons (Fsp3) is 0.889. The third kappa shape index (κ3) is 3.14. The molecule has 0 saturated carbocycles. The molecule has 9 nitrogen and oxygen atoms in total. The predicted octanol–water partition coefficient (Wildman–Crippen LogP) is -5.09. The van der Waals surface area contributed by atoms with Crippen LogP contribution in [-0.4, -0.2) is 81.5 Å². The molecule has 1 heterocycles. The van der Waals surface area contributed by atoms with Crippen LogP contribution >= 0.6 is 0 Å². The van der Waals surface area contributed by atoms with E-state index in [4.69, 9.17) is 19.7 Å². The van der Waals surface area contributed by atoms with Crippen molar-refractivity contribution in [3.8, 4) is 0 Å². The fourth-order valence-corrected chi connectivity index (χ4v) is 1.51. The SMILES string of the molecule is O=C([O-])C(CO)O[C@@H]1OC(CO)[C@@H](O)[C@@H](O)C1O. The van der Waals surface area contributed by atoms with Gasteiger partial charge in [0.2, 0.25) is 0 Å². The third-order valence-corrected chi connectivity index (χ3v) is 2.58. The molecule has 5 N–H and O–H groups in total. The molecule has 6 atom stereocenters. The lowest BCUT2D eigenvalue weighted by molar-refractivity contribution is -0.344. The number of carboxylic acid groups (broad SMARTS) is 1. The summed E-state index contributed by atoms with van der Waals surface area (Å²) in [5.74, 6) is -1.73. The Hall–Kier alpha value is -0.810. The number of ether oxygens (including phenoxy) is 2. The maximum Gasteiger partial charge on any atom is 0.187 e. The molecule has 18 heavy (non-hydrogen) atoms. The summed E-state index contributed by atoms with van der Waals surface area (Å²) in [5, 5.41) is 56.4. The van der Waals surface area contributed by atoms with E-state index < -0.39 is 56.0 Å². The van der Waals surface area contributed by atoms with Crippen molar-refractivity contribution < 1.29 is 44.9 Å². The highest BCUT2D eigenvalue weighted by Gasteiger charge is 2.44. The maximum absolute atomic E-state index is 10.5. The zero-order valence-corrected chi connectivity index (χ0v) is 9.25. The summed E-state index contributed by atoms with van der Waals surface area (Å²) in [6.45, 7) is -1.59. The number of carboxylic acids is 1. The van der Waals surface area contributed by atoms with Gasteiger partial charge in [0, 0.05) is 0 Å². The normalized spacial score (nSPS) is 38.4. The number of aliphatic hydroxyl groups is 5. The zero-order valence-electron chi connectivity index (χ0n) is 9.25. The van der Waals surface area contributed by atoms with Gasteiger partial charge in [-0.3, -0.25) is 0 Å². The summed E-state index contributed by atoms with van der Waals surface area (Å²) < 4.78 is 9.58. The van der Waals surface area contributed by atoms with Crippen LogP contribution in [0.5, 0.6) is 0 Å². The summed E-state index contributed by atoms with van der Waals surface area (Å²) in [7, 11) is 0. The first-order valence-electron chi connectivity index (χ1n) is 5.20. The molecule has 1 fully saturated rings. The summed E-state index contributed by atoms with van der Waals surface area (Å²) in [6, 6.07) is 0. The molecule has 0 aromatic heterocycles. The Labute approximate surface area is 102 Å². The van der Waals surface area contributed by atoms with Crippen molar-refractivity contribution in [2.24, 2.45) is 0 Å². The van der Waals surface area contributed by atoms with Gasteiger partial charge in [-0.25, -0.2) is 0 Å². The largest absolute Gasteiger partial charge is 0.547 e. The van der Waals surface area contributed by atoms with Crippen LogP contribution in [0.1, 0.15) is 0 Å². The Balaban J connectivity index is 2.72. The standard InChI is InChI=1S/C9H16O9/c10-1-3-5(12)6(13)7(14)9(17-3)18-4(2-11)8(15)16/h3-7,9-14H,1-2H2,(H,15,16)/p-1/t3?,4?,5-,6-,7?,9+/m1/s1. The average molecular weight is 267 g/mol. The summed E-state index contributed by atoms with van der Waals surface area (Å²) in [4.78, 5) is 10.5. The molecule has 1 saturated heterocycles. The molecular weight excluding hydrogens is 252 g/mol. The van der Waals surface area contributed by atoms with Crippen molar-refractivity contribution in [1.29, 1.82) is 0 Å². The van der Waals surface area contributed by atoms with Crippen molar-refractivity contribution in [2.75, 3.05) is 13.2 Å². The average Bonchev–Trinajstić information content (AvgIpc) is 2.35. The van der Waals surface area contributed by atoms with Crippen molar-refractivity contribution in [3.63, 3.8) is 0 Å². The Morgan fingerprint density at radius 2 is 1.83 bits per heavy atom. The van der Waals surface area contributed by atoms with Gasteiger partial charge in [-0.05, 0) is 0 Å². The molecule has 0 radical (unpaired) electrons. The Morgan fingerprint density at radius 3 is 2.28 bits per heavy atom. The molecule has 9 heteroatoms. The van der Waals surface area contributed by atoms with E-state index in [-0.39, 0.29) is 0 Å². The van der Waals surface area contributed by atoms with Gasteiger partial charge in [-0.2, -0.15) is 0 Å². The van der Waals surface area contributed by atoms with Crippen molar-refractivity contribution >= 4 is 5.97 Å². The van der Waals surface area contributed by atoms with Crippen LogP contribution in [0, 0.1) is 0 Å². The van der Waals surface area contributed by atoms with E-state index in [0.717, 1.165) is 0 Å². The van der Waals surface area contributed by atoms with E-state index in [9.17, 15) is 25.2 Å². The molecule has 0 amide bonds. The highest BCUT2D eigenvalue weighted by Crippen LogP contribution is 2.22. The van der Waals surface area contributed by atoms with E-state index in [1.165, 1.54) is 0 Å². The maximum atomic E-state index is 10.5. The van der Waals surface area contributed by atoms with E-state index >= 15 is 0 Å². The van der Waals surface area contributed by atoms with Gasteiger partial charge in [-0.1, -0.05) is 0 Å². The molecule has 3 unspecified atom stereocenters. The number of rotatable bonds is 5. The predicted molar refractivity (Wildman–Crippen MR) is 50.7 cm³/mol. The summed E-state index contributed by atoms with van der Waals surface area (Å²) in [5.41, 5.74) is 0. The molecule has 0 aliphatic carbocycles. The van der Waals surface area contributed by atoms with Gasteiger partial charge in [0.25, 0.3) is 0 Å². The van der Waals surface area contributed by atoms with E-state index in [1.54, 1.807) is 0 Å². The van der Waals surface area contributed by atoms with Gasteiger partial charge in [0.05, 0.1) is 19.2 Å². The monoisotopic (exact) mass is 267 g/mol. The zero-order chi connectivity index (χ0) is 13.9. The molecule has 1 rings (SSSR count). The minimum atomic E-state index is -1.76. The minimum Gasteiger partial charge on any atom is -0.547 e.